The number of hydrogen-bond donors (Lipinski definition) is 0. The average molecular weight is 370 g/mol. The first-order valence-electron chi connectivity index (χ1n) is 7.58. The molecule has 1 fully saturated rings. The fourth-order valence-electron chi connectivity index (χ4n) is 2.54. The van der Waals surface area contributed by atoms with Crippen molar-refractivity contribution in [2.75, 3.05) is 19.6 Å². The molecule has 6 heteroatoms. The summed E-state index contributed by atoms with van der Waals surface area (Å²) in [5, 5.41) is 0. The molecule has 0 aliphatic carbocycles. The Morgan fingerprint density at radius 1 is 1.41 bits per heavy atom. The molecule has 0 radical (unpaired) electrons. The molecule has 1 aliphatic rings. The standard InChI is InChI=1S/C16H24BrN3O2/c1-12-10-19(11-13-6-5-7-14(17)18-13)8-9-20(12)15(21)22-16(2,3)4/h5-7,12H,8-11H2,1-4H3/t12-/m0/s1. The zero-order valence-corrected chi connectivity index (χ0v) is 15.3. The molecule has 1 saturated heterocycles. The summed E-state index contributed by atoms with van der Waals surface area (Å²) < 4.78 is 6.32. The first-order chi connectivity index (χ1) is 10.2. The van der Waals surface area contributed by atoms with E-state index >= 15 is 0 Å². The molecule has 1 aromatic heterocycles. The van der Waals surface area contributed by atoms with E-state index in [0.717, 1.165) is 29.9 Å². The number of pyridine rings is 1. The highest BCUT2D eigenvalue weighted by Crippen LogP contribution is 2.17. The van der Waals surface area contributed by atoms with Crippen molar-refractivity contribution in [3.63, 3.8) is 0 Å². The summed E-state index contributed by atoms with van der Waals surface area (Å²) in [4.78, 5) is 20.8. The molecule has 0 saturated carbocycles. The zero-order chi connectivity index (χ0) is 16.3. The van der Waals surface area contributed by atoms with Crippen molar-refractivity contribution < 1.29 is 9.53 Å². The predicted octanol–water partition coefficient (Wildman–Crippen LogP) is 3.29. The Hall–Kier alpha value is -1.14. The highest BCUT2D eigenvalue weighted by atomic mass is 79.9. The van der Waals surface area contributed by atoms with Gasteiger partial charge in [-0.3, -0.25) is 4.90 Å². The summed E-state index contributed by atoms with van der Waals surface area (Å²) in [6, 6.07) is 6.07. The first-order valence-corrected chi connectivity index (χ1v) is 8.37. The largest absolute Gasteiger partial charge is 0.444 e. The van der Waals surface area contributed by atoms with Crippen molar-refractivity contribution in [1.29, 1.82) is 0 Å². The van der Waals surface area contributed by atoms with Gasteiger partial charge in [0.15, 0.2) is 0 Å². The molecular weight excluding hydrogens is 346 g/mol. The Bertz CT molecular complexity index is 530. The molecule has 0 N–H and O–H groups in total. The van der Waals surface area contributed by atoms with Crippen molar-refractivity contribution >= 4 is 22.0 Å². The van der Waals surface area contributed by atoms with Crippen LogP contribution in [0.1, 0.15) is 33.4 Å². The number of amides is 1. The molecule has 0 spiro atoms. The number of nitrogens with zero attached hydrogens (tertiary/aromatic N) is 3. The predicted molar refractivity (Wildman–Crippen MR) is 89.6 cm³/mol. The van der Waals surface area contributed by atoms with Gasteiger partial charge in [0.05, 0.1) is 5.69 Å². The molecule has 0 aromatic carbocycles. The van der Waals surface area contributed by atoms with Gasteiger partial charge in [-0.15, -0.1) is 0 Å². The van der Waals surface area contributed by atoms with Gasteiger partial charge in [-0.05, 0) is 55.8 Å². The summed E-state index contributed by atoms with van der Waals surface area (Å²) >= 11 is 3.40. The number of halogens is 1. The number of ether oxygens (including phenoxy) is 1. The van der Waals surface area contributed by atoms with E-state index in [1.165, 1.54) is 0 Å². The summed E-state index contributed by atoms with van der Waals surface area (Å²) in [6.07, 6.45) is -0.222. The first kappa shape index (κ1) is 17.2. The van der Waals surface area contributed by atoms with Gasteiger partial charge in [0.1, 0.15) is 10.2 Å². The van der Waals surface area contributed by atoms with E-state index in [4.69, 9.17) is 4.74 Å². The maximum Gasteiger partial charge on any atom is 0.410 e. The van der Waals surface area contributed by atoms with Gasteiger partial charge in [0.2, 0.25) is 0 Å². The van der Waals surface area contributed by atoms with Gasteiger partial charge in [0, 0.05) is 32.2 Å². The minimum Gasteiger partial charge on any atom is -0.444 e. The topological polar surface area (TPSA) is 45.7 Å². The zero-order valence-electron chi connectivity index (χ0n) is 13.7. The number of carbonyl (C=O) groups excluding carboxylic acids is 1. The summed E-state index contributed by atoms with van der Waals surface area (Å²) in [5.74, 6) is 0. The lowest BCUT2D eigenvalue weighted by molar-refractivity contribution is 0.000435. The lowest BCUT2D eigenvalue weighted by Crippen LogP contribution is -2.54. The van der Waals surface area contributed by atoms with Crippen molar-refractivity contribution in [2.24, 2.45) is 0 Å². The second-order valence-corrected chi connectivity index (χ2v) is 7.52. The third kappa shape index (κ3) is 4.95. The Morgan fingerprint density at radius 3 is 2.73 bits per heavy atom. The van der Waals surface area contributed by atoms with Crippen LogP contribution in [0.15, 0.2) is 22.8 Å². The van der Waals surface area contributed by atoms with Crippen LogP contribution in [0.5, 0.6) is 0 Å². The SMILES string of the molecule is C[C@H]1CN(Cc2cccc(Br)n2)CCN1C(=O)OC(C)(C)C. The second kappa shape index (κ2) is 6.96. The van der Waals surface area contributed by atoms with E-state index in [2.05, 4.69) is 32.7 Å². The van der Waals surface area contributed by atoms with Gasteiger partial charge >= 0.3 is 6.09 Å². The second-order valence-electron chi connectivity index (χ2n) is 6.71. The van der Waals surface area contributed by atoms with Crippen molar-refractivity contribution in [2.45, 2.75) is 45.9 Å². The molecule has 1 amide bonds. The van der Waals surface area contributed by atoms with E-state index in [9.17, 15) is 4.79 Å². The van der Waals surface area contributed by atoms with Crippen molar-refractivity contribution in [3.8, 4) is 0 Å². The van der Waals surface area contributed by atoms with Gasteiger partial charge in [-0.25, -0.2) is 9.78 Å². The van der Waals surface area contributed by atoms with Gasteiger partial charge in [-0.2, -0.15) is 0 Å². The number of carbonyl (C=O) groups is 1. The Labute approximate surface area is 140 Å². The molecule has 1 aromatic rings. The molecule has 0 bridgehead atoms. The fourth-order valence-corrected chi connectivity index (χ4v) is 2.92. The molecular formula is C16H24BrN3O2. The lowest BCUT2D eigenvalue weighted by atomic mass is 10.2. The normalized spacial score (nSPS) is 20.0. The minimum atomic E-state index is -0.450. The van der Waals surface area contributed by atoms with Gasteiger partial charge < -0.3 is 9.64 Å². The maximum atomic E-state index is 12.2. The van der Waals surface area contributed by atoms with E-state index < -0.39 is 5.60 Å². The van der Waals surface area contributed by atoms with Crippen LogP contribution in [0.3, 0.4) is 0 Å². The van der Waals surface area contributed by atoms with E-state index in [0.29, 0.717) is 6.54 Å². The molecule has 1 aliphatic heterocycles. The van der Waals surface area contributed by atoms with Crippen LogP contribution in [0.2, 0.25) is 0 Å². The Balaban J connectivity index is 1.91. The molecule has 0 unspecified atom stereocenters. The Kier molecular flexibility index (Phi) is 5.45. The lowest BCUT2D eigenvalue weighted by Gasteiger charge is -2.40. The summed E-state index contributed by atoms with van der Waals surface area (Å²) in [7, 11) is 0. The van der Waals surface area contributed by atoms with Crippen molar-refractivity contribution in [3.05, 3.63) is 28.5 Å². The minimum absolute atomic E-state index is 0.135. The van der Waals surface area contributed by atoms with Crippen LogP contribution >= 0.6 is 15.9 Å². The quantitative estimate of drug-likeness (QED) is 0.750. The van der Waals surface area contributed by atoms with E-state index in [1.807, 2.05) is 43.9 Å². The number of rotatable bonds is 2. The molecule has 122 valence electrons. The molecule has 2 rings (SSSR count). The van der Waals surface area contributed by atoms with Gasteiger partial charge in [0.25, 0.3) is 0 Å². The van der Waals surface area contributed by atoms with Crippen LogP contribution in [0, 0.1) is 0 Å². The van der Waals surface area contributed by atoms with Crippen LogP contribution in [-0.2, 0) is 11.3 Å². The van der Waals surface area contributed by atoms with E-state index in [-0.39, 0.29) is 12.1 Å². The maximum absolute atomic E-state index is 12.2. The molecule has 22 heavy (non-hydrogen) atoms. The molecule has 2 heterocycles. The fraction of sp³-hybridized carbons (Fsp3) is 0.625. The number of aromatic nitrogens is 1. The number of hydrogen-bond acceptors (Lipinski definition) is 4. The van der Waals surface area contributed by atoms with Crippen LogP contribution in [0.4, 0.5) is 4.79 Å². The van der Waals surface area contributed by atoms with Crippen molar-refractivity contribution in [1.82, 2.24) is 14.8 Å². The third-order valence-corrected chi connectivity index (χ3v) is 3.94. The van der Waals surface area contributed by atoms with Crippen LogP contribution < -0.4 is 0 Å². The third-order valence-electron chi connectivity index (χ3n) is 3.50. The monoisotopic (exact) mass is 369 g/mol. The Morgan fingerprint density at radius 2 is 2.14 bits per heavy atom. The smallest absolute Gasteiger partial charge is 0.410 e. The van der Waals surface area contributed by atoms with Crippen LogP contribution in [-0.4, -0.2) is 52.2 Å². The molecule has 5 nitrogen and oxygen atoms in total. The van der Waals surface area contributed by atoms with E-state index in [1.54, 1.807) is 0 Å². The summed E-state index contributed by atoms with van der Waals surface area (Å²) in [5.41, 5.74) is 0.584. The highest BCUT2D eigenvalue weighted by Gasteiger charge is 2.30. The highest BCUT2D eigenvalue weighted by molar-refractivity contribution is 9.10. The van der Waals surface area contributed by atoms with Gasteiger partial charge in [-0.1, -0.05) is 6.07 Å². The number of piperazine rings is 1. The van der Waals surface area contributed by atoms with Crippen LogP contribution in [0.25, 0.3) is 0 Å². The summed E-state index contributed by atoms with van der Waals surface area (Å²) in [6.45, 7) is 10.9. The molecule has 1 atom stereocenters. The average Bonchev–Trinajstić information content (AvgIpc) is 2.36.